The Labute approximate surface area is 142 Å². The molecule has 1 N–H and O–H groups in total. The van der Waals surface area contributed by atoms with Gasteiger partial charge in [-0.25, -0.2) is 4.98 Å². The van der Waals surface area contributed by atoms with E-state index in [1.54, 1.807) is 0 Å². The molecular formula is C18H26N4O2. The Bertz CT molecular complexity index is 645. The third-order valence-corrected chi connectivity index (χ3v) is 5.83. The van der Waals surface area contributed by atoms with E-state index in [9.17, 15) is 9.59 Å². The number of fused-ring (bicyclic) bond motifs is 1. The third-order valence-electron chi connectivity index (χ3n) is 5.83. The number of aromatic nitrogens is 2. The minimum absolute atomic E-state index is 0.00436. The molecule has 2 saturated carbocycles. The van der Waals surface area contributed by atoms with E-state index >= 15 is 0 Å². The quantitative estimate of drug-likeness (QED) is 0.915. The number of imidazole rings is 1. The fourth-order valence-electron chi connectivity index (χ4n) is 3.82. The van der Waals surface area contributed by atoms with Crippen LogP contribution in [0.2, 0.25) is 0 Å². The Morgan fingerprint density at radius 3 is 2.58 bits per heavy atom. The summed E-state index contributed by atoms with van der Waals surface area (Å²) in [4.78, 5) is 31.3. The zero-order valence-electron chi connectivity index (χ0n) is 14.3. The Morgan fingerprint density at radius 1 is 1.21 bits per heavy atom. The van der Waals surface area contributed by atoms with Crippen molar-refractivity contribution in [3.05, 3.63) is 17.7 Å². The number of carbonyl (C=O) groups excluding carboxylic acids is 2. The van der Waals surface area contributed by atoms with Crippen LogP contribution in [0.25, 0.3) is 0 Å². The van der Waals surface area contributed by atoms with E-state index in [0.29, 0.717) is 12.5 Å². The van der Waals surface area contributed by atoms with Crippen molar-refractivity contribution >= 4 is 11.8 Å². The van der Waals surface area contributed by atoms with Gasteiger partial charge < -0.3 is 14.8 Å². The van der Waals surface area contributed by atoms with Crippen molar-refractivity contribution in [2.45, 2.75) is 70.5 Å². The molecule has 1 aromatic heterocycles. The molecule has 6 nitrogen and oxygen atoms in total. The first-order chi connectivity index (χ1) is 11.6. The Hall–Kier alpha value is -1.85. The average Bonchev–Trinajstić information content (AvgIpc) is 2.85. The second-order valence-electron chi connectivity index (χ2n) is 7.49. The van der Waals surface area contributed by atoms with Gasteiger partial charge in [0.1, 0.15) is 5.82 Å². The van der Waals surface area contributed by atoms with Crippen molar-refractivity contribution in [1.82, 2.24) is 19.8 Å². The topological polar surface area (TPSA) is 67.2 Å². The highest BCUT2D eigenvalue weighted by atomic mass is 16.2. The van der Waals surface area contributed by atoms with E-state index in [-0.39, 0.29) is 23.8 Å². The fourth-order valence-corrected chi connectivity index (χ4v) is 3.82. The Balaban J connectivity index is 1.42. The zero-order chi connectivity index (χ0) is 16.7. The lowest BCUT2D eigenvalue weighted by atomic mass is 9.84. The molecule has 1 atom stereocenters. The second kappa shape index (κ2) is 6.22. The second-order valence-corrected chi connectivity index (χ2v) is 7.49. The standard InChI is InChI=1S/C18H26N4O2/c1-12-17-20-15(10-16(23)19-14-6-3-7-14)11-21(17)8-9-22(12)18(24)13-4-2-5-13/h11-14H,2-10H2,1H3,(H,19,23). The summed E-state index contributed by atoms with van der Waals surface area (Å²) in [7, 11) is 0. The van der Waals surface area contributed by atoms with Crippen molar-refractivity contribution in [3.63, 3.8) is 0 Å². The first kappa shape index (κ1) is 15.7. The molecule has 3 aliphatic rings. The summed E-state index contributed by atoms with van der Waals surface area (Å²) in [6.07, 6.45) is 8.96. The molecule has 130 valence electrons. The average molecular weight is 330 g/mol. The maximum absolute atomic E-state index is 12.6. The molecule has 24 heavy (non-hydrogen) atoms. The molecular weight excluding hydrogens is 304 g/mol. The molecule has 2 heterocycles. The fraction of sp³-hybridized carbons (Fsp3) is 0.722. The van der Waals surface area contributed by atoms with Gasteiger partial charge in [-0.3, -0.25) is 9.59 Å². The molecule has 0 aromatic carbocycles. The van der Waals surface area contributed by atoms with Crippen LogP contribution in [0.4, 0.5) is 0 Å². The number of carbonyl (C=O) groups is 2. The van der Waals surface area contributed by atoms with Crippen LogP contribution in [0.15, 0.2) is 6.20 Å². The van der Waals surface area contributed by atoms with Gasteiger partial charge in [0.05, 0.1) is 18.2 Å². The SMILES string of the molecule is CC1c2nc(CC(=O)NC3CCC3)cn2CCN1C(=O)C1CCC1. The van der Waals surface area contributed by atoms with Gasteiger partial charge in [-0.1, -0.05) is 6.42 Å². The smallest absolute Gasteiger partial charge is 0.226 e. The van der Waals surface area contributed by atoms with Crippen molar-refractivity contribution in [2.75, 3.05) is 6.54 Å². The summed E-state index contributed by atoms with van der Waals surface area (Å²) in [5.41, 5.74) is 0.812. The number of hydrogen-bond donors (Lipinski definition) is 1. The van der Waals surface area contributed by atoms with E-state index < -0.39 is 0 Å². The first-order valence-corrected chi connectivity index (χ1v) is 9.27. The van der Waals surface area contributed by atoms with E-state index in [4.69, 9.17) is 0 Å². The van der Waals surface area contributed by atoms with E-state index in [0.717, 1.165) is 50.3 Å². The lowest BCUT2D eigenvalue weighted by Gasteiger charge is -2.38. The number of amides is 2. The summed E-state index contributed by atoms with van der Waals surface area (Å²) < 4.78 is 2.11. The number of nitrogens with one attached hydrogen (secondary N) is 1. The predicted octanol–water partition coefficient (Wildman–Crippen LogP) is 1.80. The van der Waals surface area contributed by atoms with Crippen LogP contribution < -0.4 is 5.32 Å². The molecule has 0 radical (unpaired) electrons. The molecule has 1 aromatic rings. The third kappa shape index (κ3) is 2.82. The lowest BCUT2D eigenvalue weighted by molar-refractivity contribution is -0.141. The molecule has 1 aliphatic heterocycles. The summed E-state index contributed by atoms with van der Waals surface area (Å²) >= 11 is 0. The molecule has 0 spiro atoms. The Kier molecular flexibility index (Phi) is 4.06. The number of rotatable bonds is 4. The van der Waals surface area contributed by atoms with Crippen LogP contribution in [0, 0.1) is 5.92 Å². The highest BCUT2D eigenvalue weighted by Crippen LogP contribution is 2.33. The van der Waals surface area contributed by atoms with Gasteiger partial charge in [0.25, 0.3) is 0 Å². The van der Waals surface area contributed by atoms with Gasteiger partial charge in [0.2, 0.25) is 11.8 Å². The maximum atomic E-state index is 12.6. The minimum atomic E-state index is -0.00436. The van der Waals surface area contributed by atoms with Gasteiger partial charge >= 0.3 is 0 Å². The molecule has 2 fully saturated rings. The van der Waals surface area contributed by atoms with Crippen molar-refractivity contribution < 1.29 is 9.59 Å². The normalized spacial score (nSPS) is 24.0. The maximum Gasteiger partial charge on any atom is 0.226 e. The number of nitrogens with zero attached hydrogens (tertiary/aromatic N) is 3. The van der Waals surface area contributed by atoms with Crippen LogP contribution in [0.5, 0.6) is 0 Å². The monoisotopic (exact) mass is 330 g/mol. The highest BCUT2D eigenvalue weighted by Gasteiger charge is 2.35. The summed E-state index contributed by atoms with van der Waals surface area (Å²) in [6.45, 7) is 3.57. The molecule has 0 saturated heterocycles. The van der Waals surface area contributed by atoms with Crippen LogP contribution in [-0.4, -0.2) is 38.9 Å². The summed E-state index contributed by atoms with van der Waals surface area (Å²) in [6, 6.07) is 0.361. The van der Waals surface area contributed by atoms with Crippen molar-refractivity contribution in [3.8, 4) is 0 Å². The van der Waals surface area contributed by atoms with Crippen LogP contribution in [-0.2, 0) is 22.6 Å². The van der Waals surface area contributed by atoms with E-state index in [2.05, 4.69) is 14.9 Å². The van der Waals surface area contributed by atoms with Gasteiger partial charge in [-0.15, -0.1) is 0 Å². The number of hydrogen-bond acceptors (Lipinski definition) is 3. The Morgan fingerprint density at radius 2 is 1.96 bits per heavy atom. The molecule has 6 heteroatoms. The van der Waals surface area contributed by atoms with Gasteiger partial charge in [-0.05, 0) is 39.0 Å². The van der Waals surface area contributed by atoms with Crippen LogP contribution >= 0.6 is 0 Å². The van der Waals surface area contributed by atoms with E-state index in [1.165, 1.54) is 12.8 Å². The lowest BCUT2D eigenvalue weighted by Crippen LogP contribution is -2.45. The van der Waals surface area contributed by atoms with Gasteiger partial charge in [0, 0.05) is 31.2 Å². The molecule has 1 unspecified atom stereocenters. The first-order valence-electron chi connectivity index (χ1n) is 9.27. The van der Waals surface area contributed by atoms with Gasteiger partial charge in [0.15, 0.2) is 0 Å². The largest absolute Gasteiger partial charge is 0.353 e. The molecule has 0 bridgehead atoms. The van der Waals surface area contributed by atoms with Crippen LogP contribution in [0.3, 0.4) is 0 Å². The minimum Gasteiger partial charge on any atom is -0.353 e. The predicted molar refractivity (Wildman–Crippen MR) is 89.2 cm³/mol. The summed E-state index contributed by atoms with van der Waals surface area (Å²) in [5, 5.41) is 3.06. The van der Waals surface area contributed by atoms with Crippen molar-refractivity contribution in [2.24, 2.45) is 5.92 Å². The zero-order valence-corrected chi connectivity index (χ0v) is 14.3. The van der Waals surface area contributed by atoms with Gasteiger partial charge in [-0.2, -0.15) is 0 Å². The molecule has 2 aliphatic carbocycles. The highest BCUT2D eigenvalue weighted by molar-refractivity contribution is 5.80. The van der Waals surface area contributed by atoms with Crippen LogP contribution in [0.1, 0.15) is 63.0 Å². The van der Waals surface area contributed by atoms with E-state index in [1.807, 2.05) is 18.0 Å². The molecule has 4 rings (SSSR count). The molecule has 2 amide bonds. The summed E-state index contributed by atoms with van der Waals surface area (Å²) in [5.74, 6) is 1.49. The van der Waals surface area contributed by atoms with Crippen molar-refractivity contribution in [1.29, 1.82) is 0 Å².